The van der Waals surface area contributed by atoms with Crippen molar-refractivity contribution < 1.29 is 31.1 Å². The first-order valence-electron chi connectivity index (χ1n) is 7.42. The van der Waals surface area contributed by atoms with Crippen molar-refractivity contribution in [2.24, 2.45) is 7.05 Å². The fourth-order valence-corrected chi connectivity index (χ4v) is 2.20. The number of nitrogens with one attached hydrogen (secondary N) is 1. The number of amides is 1. The van der Waals surface area contributed by atoms with Gasteiger partial charge in [-0.25, -0.2) is 0 Å². The molecule has 0 aromatic carbocycles. The van der Waals surface area contributed by atoms with Gasteiger partial charge in [-0.05, 0) is 18.6 Å². The van der Waals surface area contributed by atoms with Gasteiger partial charge >= 0.3 is 12.4 Å². The number of carbonyl (C=O) groups is 1. The first-order chi connectivity index (χ1) is 11.9. The standard InChI is InChI=1S/C14H15F6N5O/c1-3-8-4-10(12(26)21-7-13(15,16)17)22-25(8)6-9-5-11(14(18,19)20)23-24(9)2/h4-5H,3,6-7H2,1-2H3,(H,21,26). The molecule has 2 aromatic rings. The molecule has 0 aliphatic heterocycles. The van der Waals surface area contributed by atoms with Crippen LogP contribution in [0, 0.1) is 0 Å². The molecule has 0 fully saturated rings. The van der Waals surface area contributed by atoms with E-state index in [9.17, 15) is 31.1 Å². The van der Waals surface area contributed by atoms with Crippen LogP contribution in [0.2, 0.25) is 0 Å². The van der Waals surface area contributed by atoms with Crippen LogP contribution in [0.4, 0.5) is 26.3 Å². The van der Waals surface area contributed by atoms with Gasteiger partial charge in [-0.1, -0.05) is 6.92 Å². The molecule has 0 unspecified atom stereocenters. The zero-order valence-electron chi connectivity index (χ0n) is 13.7. The number of carbonyl (C=O) groups excluding carboxylic acids is 1. The highest BCUT2D eigenvalue weighted by Crippen LogP contribution is 2.28. The van der Waals surface area contributed by atoms with Crippen molar-refractivity contribution >= 4 is 5.91 Å². The molecule has 0 spiro atoms. The van der Waals surface area contributed by atoms with Gasteiger partial charge in [0.1, 0.15) is 12.2 Å². The van der Waals surface area contributed by atoms with Crippen LogP contribution in [-0.2, 0) is 26.2 Å². The van der Waals surface area contributed by atoms with Crippen molar-refractivity contribution in [3.8, 4) is 0 Å². The maximum absolute atomic E-state index is 12.7. The molecule has 1 N–H and O–H groups in total. The smallest absolute Gasteiger partial charge is 0.342 e. The zero-order valence-corrected chi connectivity index (χ0v) is 13.7. The molecule has 0 saturated carbocycles. The van der Waals surface area contributed by atoms with Crippen molar-refractivity contribution in [3.63, 3.8) is 0 Å². The number of hydrogen-bond acceptors (Lipinski definition) is 3. The van der Waals surface area contributed by atoms with E-state index < -0.39 is 30.5 Å². The van der Waals surface area contributed by atoms with E-state index in [2.05, 4.69) is 10.2 Å². The van der Waals surface area contributed by atoms with E-state index in [0.29, 0.717) is 12.1 Å². The summed E-state index contributed by atoms with van der Waals surface area (Å²) in [6.07, 6.45) is -8.78. The Hall–Kier alpha value is -2.53. The Morgan fingerprint density at radius 3 is 2.27 bits per heavy atom. The van der Waals surface area contributed by atoms with Crippen molar-refractivity contribution in [3.05, 3.63) is 34.9 Å². The third-order valence-electron chi connectivity index (χ3n) is 3.49. The summed E-state index contributed by atoms with van der Waals surface area (Å²) in [4.78, 5) is 11.8. The number of alkyl halides is 6. The van der Waals surface area contributed by atoms with Gasteiger partial charge in [0.15, 0.2) is 5.69 Å². The molecule has 0 aliphatic carbocycles. The summed E-state index contributed by atoms with van der Waals surface area (Å²) < 4.78 is 77.0. The quantitative estimate of drug-likeness (QED) is 0.808. The molecule has 6 nitrogen and oxygen atoms in total. The number of rotatable bonds is 5. The summed E-state index contributed by atoms with van der Waals surface area (Å²) in [5.41, 5.74) is -0.651. The molecule has 0 saturated heterocycles. The number of halogens is 6. The lowest BCUT2D eigenvalue weighted by molar-refractivity contribution is -0.141. The monoisotopic (exact) mass is 383 g/mol. The Balaban J connectivity index is 2.22. The van der Waals surface area contributed by atoms with Gasteiger partial charge in [0, 0.05) is 12.7 Å². The van der Waals surface area contributed by atoms with Gasteiger partial charge in [-0.2, -0.15) is 36.5 Å². The summed E-state index contributed by atoms with van der Waals surface area (Å²) in [7, 11) is 1.33. The van der Waals surface area contributed by atoms with Crippen LogP contribution in [0.5, 0.6) is 0 Å². The van der Waals surface area contributed by atoms with Crippen molar-refractivity contribution in [2.45, 2.75) is 32.2 Å². The van der Waals surface area contributed by atoms with Crippen molar-refractivity contribution in [2.75, 3.05) is 6.54 Å². The average Bonchev–Trinajstić information content (AvgIpc) is 3.08. The highest BCUT2D eigenvalue weighted by molar-refractivity contribution is 5.92. The third kappa shape index (κ3) is 4.76. The molecular weight excluding hydrogens is 368 g/mol. The second-order valence-corrected chi connectivity index (χ2v) is 5.47. The molecule has 2 aromatic heterocycles. The van der Waals surface area contributed by atoms with Crippen LogP contribution in [0.3, 0.4) is 0 Å². The van der Waals surface area contributed by atoms with Crippen LogP contribution in [0.25, 0.3) is 0 Å². The minimum Gasteiger partial charge on any atom is -0.342 e. The summed E-state index contributed by atoms with van der Waals surface area (Å²) in [5, 5.41) is 8.98. The van der Waals surface area contributed by atoms with Crippen molar-refractivity contribution in [1.82, 2.24) is 24.9 Å². The maximum atomic E-state index is 12.7. The lowest BCUT2D eigenvalue weighted by Gasteiger charge is -2.07. The Bertz CT molecular complexity index is 789. The fraction of sp³-hybridized carbons (Fsp3) is 0.500. The Kier molecular flexibility index (Phi) is 5.33. The zero-order chi connectivity index (χ0) is 19.7. The Morgan fingerprint density at radius 1 is 1.12 bits per heavy atom. The van der Waals surface area contributed by atoms with E-state index in [0.717, 1.165) is 10.7 Å². The second-order valence-electron chi connectivity index (χ2n) is 5.47. The normalized spacial score (nSPS) is 12.5. The maximum Gasteiger partial charge on any atom is 0.435 e. The van der Waals surface area contributed by atoms with Crippen LogP contribution >= 0.6 is 0 Å². The molecule has 0 atom stereocenters. The summed E-state index contributed by atoms with van der Waals surface area (Å²) in [5.74, 6) is -1.02. The summed E-state index contributed by atoms with van der Waals surface area (Å²) >= 11 is 0. The topological polar surface area (TPSA) is 64.7 Å². The average molecular weight is 383 g/mol. The number of nitrogens with zero attached hydrogens (tertiary/aromatic N) is 4. The molecule has 144 valence electrons. The van der Waals surface area contributed by atoms with E-state index in [1.807, 2.05) is 0 Å². The first-order valence-corrected chi connectivity index (χ1v) is 7.42. The van der Waals surface area contributed by atoms with Crippen LogP contribution < -0.4 is 5.32 Å². The van der Waals surface area contributed by atoms with Crippen LogP contribution in [0.1, 0.15) is 34.5 Å². The number of hydrogen-bond donors (Lipinski definition) is 1. The number of aryl methyl sites for hydroxylation is 2. The molecule has 26 heavy (non-hydrogen) atoms. The molecule has 0 aliphatic rings. The molecule has 1 amide bonds. The SMILES string of the molecule is CCc1cc(C(=O)NCC(F)(F)F)nn1Cc1cc(C(F)(F)F)nn1C. The van der Waals surface area contributed by atoms with E-state index in [-0.39, 0.29) is 17.9 Å². The van der Waals surface area contributed by atoms with Gasteiger partial charge in [0.05, 0.1) is 12.2 Å². The fourth-order valence-electron chi connectivity index (χ4n) is 2.20. The minimum atomic E-state index is -4.60. The first kappa shape index (κ1) is 19.8. The predicted molar refractivity (Wildman–Crippen MR) is 77.3 cm³/mol. The van der Waals surface area contributed by atoms with Gasteiger partial charge < -0.3 is 5.32 Å². The van der Waals surface area contributed by atoms with Gasteiger partial charge in [-0.15, -0.1) is 0 Å². The van der Waals surface area contributed by atoms with Crippen LogP contribution in [-0.4, -0.2) is 38.2 Å². The molecule has 12 heteroatoms. The molecule has 0 radical (unpaired) electrons. The highest BCUT2D eigenvalue weighted by atomic mass is 19.4. The van der Waals surface area contributed by atoms with E-state index in [1.165, 1.54) is 17.8 Å². The predicted octanol–water partition coefficient (Wildman–Crippen LogP) is 2.54. The van der Waals surface area contributed by atoms with E-state index >= 15 is 0 Å². The minimum absolute atomic E-state index is 0.116. The molecule has 2 heterocycles. The Labute approximate surface area is 143 Å². The van der Waals surface area contributed by atoms with Gasteiger partial charge in [-0.3, -0.25) is 14.2 Å². The lowest BCUT2D eigenvalue weighted by Crippen LogP contribution is -2.34. The second kappa shape index (κ2) is 7.00. The largest absolute Gasteiger partial charge is 0.435 e. The summed E-state index contributed by atoms with van der Waals surface area (Å²) in [6.45, 7) is 0.0986. The molecule has 0 bridgehead atoms. The van der Waals surface area contributed by atoms with Crippen molar-refractivity contribution in [1.29, 1.82) is 0 Å². The van der Waals surface area contributed by atoms with Gasteiger partial charge in [0.2, 0.25) is 0 Å². The third-order valence-corrected chi connectivity index (χ3v) is 3.49. The van der Waals surface area contributed by atoms with E-state index in [4.69, 9.17) is 0 Å². The molecular formula is C14H15F6N5O. The Morgan fingerprint density at radius 2 is 1.77 bits per heavy atom. The van der Waals surface area contributed by atoms with E-state index in [1.54, 1.807) is 12.2 Å². The van der Waals surface area contributed by atoms with Crippen LogP contribution in [0.15, 0.2) is 12.1 Å². The highest BCUT2D eigenvalue weighted by Gasteiger charge is 2.34. The van der Waals surface area contributed by atoms with Gasteiger partial charge in [0.25, 0.3) is 5.91 Å². The molecule has 2 rings (SSSR count). The number of aromatic nitrogens is 4. The summed E-state index contributed by atoms with van der Waals surface area (Å²) in [6, 6.07) is 2.15. The lowest BCUT2D eigenvalue weighted by atomic mass is 10.3.